The number of nitrogens with zero attached hydrogens (tertiary/aromatic N) is 1. The van der Waals surface area contributed by atoms with Crippen molar-refractivity contribution in [1.29, 1.82) is 0 Å². The zero-order chi connectivity index (χ0) is 20.5. The molecule has 1 aliphatic rings. The summed E-state index contributed by atoms with van der Waals surface area (Å²) in [6.07, 6.45) is 0. The second kappa shape index (κ2) is 7.72. The van der Waals surface area contributed by atoms with E-state index in [4.69, 9.17) is 9.47 Å². The maximum absolute atomic E-state index is 11.5. The van der Waals surface area contributed by atoms with E-state index in [1.807, 2.05) is 6.92 Å². The highest BCUT2D eigenvalue weighted by Gasteiger charge is 2.30. The van der Waals surface area contributed by atoms with Crippen LogP contribution >= 0.6 is 11.3 Å². The molecule has 2 aromatic carbocycles. The molecule has 4 rings (SSSR count). The highest BCUT2D eigenvalue weighted by Crippen LogP contribution is 2.39. The van der Waals surface area contributed by atoms with Crippen molar-refractivity contribution < 1.29 is 19.4 Å². The summed E-state index contributed by atoms with van der Waals surface area (Å²) >= 11 is 1.61. The highest BCUT2D eigenvalue weighted by molar-refractivity contribution is 7.15. The molecule has 0 bridgehead atoms. The molecule has 5 nitrogen and oxygen atoms in total. The molecule has 1 atom stereocenters. The quantitative estimate of drug-likeness (QED) is 0.594. The number of ether oxygens (including phenoxy) is 2. The summed E-state index contributed by atoms with van der Waals surface area (Å²) in [4.78, 5) is 17.3. The molecule has 6 heteroatoms. The Balaban J connectivity index is 1.51. The maximum atomic E-state index is 11.5. The maximum Gasteiger partial charge on any atom is 0.315 e. The number of aliphatic carboxylic acids is 1. The van der Waals surface area contributed by atoms with Gasteiger partial charge in [-0.2, -0.15) is 0 Å². The molecule has 0 spiro atoms. The van der Waals surface area contributed by atoms with E-state index in [9.17, 15) is 9.90 Å². The summed E-state index contributed by atoms with van der Waals surface area (Å²) in [5.41, 5.74) is 4.41. The number of carbonyl (C=O) groups is 1. The number of aryl methyl sites for hydroxylation is 2. The standard InChI is InChI=1S/C23H21NO4S/c1-13-4-6-16(7-5-13)22-24-15(3)20(29-22)12-27-17-8-9-18-19(10-17)28-11-14(2)21(18)23(25)26/h4-10,21H,2,11-12H2,1,3H3,(H,25,26). The zero-order valence-electron chi connectivity index (χ0n) is 16.3. The highest BCUT2D eigenvalue weighted by atomic mass is 32.1. The van der Waals surface area contributed by atoms with Crippen LogP contribution in [0.25, 0.3) is 10.6 Å². The van der Waals surface area contributed by atoms with Crippen molar-refractivity contribution in [3.63, 3.8) is 0 Å². The predicted molar refractivity (Wildman–Crippen MR) is 113 cm³/mol. The van der Waals surface area contributed by atoms with Crippen molar-refractivity contribution in [3.05, 3.63) is 76.3 Å². The molecular weight excluding hydrogens is 386 g/mol. The number of rotatable bonds is 5. The van der Waals surface area contributed by atoms with Crippen LogP contribution in [0.1, 0.15) is 27.6 Å². The van der Waals surface area contributed by atoms with E-state index in [0.717, 1.165) is 21.1 Å². The molecule has 3 aromatic rings. The van der Waals surface area contributed by atoms with Gasteiger partial charge in [-0.05, 0) is 25.5 Å². The van der Waals surface area contributed by atoms with Crippen molar-refractivity contribution in [2.45, 2.75) is 26.4 Å². The minimum Gasteiger partial charge on any atom is -0.489 e. The number of fused-ring (bicyclic) bond motifs is 1. The van der Waals surface area contributed by atoms with Crippen LogP contribution in [0.3, 0.4) is 0 Å². The Morgan fingerprint density at radius 3 is 2.76 bits per heavy atom. The lowest BCUT2D eigenvalue weighted by molar-refractivity contribution is -0.138. The number of carboxylic acids is 1. The first-order valence-corrected chi connectivity index (χ1v) is 10.1. The Labute approximate surface area is 173 Å². The fourth-order valence-electron chi connectivity index (χ4n) is 3.28. The number of aromatic nitrogens is 1. The normalized spacial score (nSPS) is 15.5. The Kier molecular flexibility index (Phi) is 5.11. The molecule has 1 unspecified atom stereocenters. The third kappa shape index (κ3) is 3.89. The number of benzene rings is 2. The van der Waals surface area contributed by atoms with Crippen molar-refractivity contribution >= 4 is 17.3 Å². The number of hydrogen-bond acceptors (Lipinski definition) is 5. The fourth-order valence-corrected chi connectivity index (χ4v) is 4.26. The van der Waals surface area contributed by atoms with Crippen molar-refractivity contribution in [3.8, 4) is 22.1 Å². The van der Waals surface area contributed by atoms with E-state index in [2.05, 4.69) is 42.8 Å². The van der Waals surface area contributed by atoms with Gasteiger partial charge >= 0.3 is 5.97 Å². The van der Waals surface area contributed by atoms with E-state index in [1.165, 1.54) is 5.56 Å². The summed E-state index contributed by atoms with van der Waals surface area (Å²) in [5.74, 6) is -0.500. The van der Waals surface area contributed by atoms with Gasteiger partial charge in [-0.15, -0.1) is 11.3 Å². The van der Waals surface area contributed by atoms with Crippen LogP contribution in [0.4, 0.5) is 0 Å². The first-order valence-electron chi connectivity index (χ1n) is 9.25. The molecule has 1 aromatic heterocycles. The van der Waals surface area contributed by atoms with Gasteiger partial charge in [0, 0.05) is 17.2 Å². The van der Waals surface area contributed by atoms with Gasteiger partial charge in [0.25, 0.3) is 0 Å². The minimum absolute atomic E-state index is 0.196. The van der Waals surface area contributed by atoms with Crippen LogP contribution < -0.4 is 9.47 Å². The lowest BCUT2D eigenvalue weighted by Crippen LogP contribution is -2.23. The molecule has 0 aliphatic carbocycles. The largest absolute Gasteiger partial charge is 0.489 e. The Morgan fingerprint density at radius 1 is 1.28 bits per heavy atom. The molecule has 0 amide bonds. The Bertz CT molecular complexity index is 1080. The summed E-state index contributed by atoms with van der Waals surface area (Å²) in [6, 6.07) is 13.6. The van der Waals surface area contributed by atoms with E-state index < -0.39 is 11.9 Å². The van der Waals surface area contributed by atoms with Crippen LogP contribution in [0.5, 0.6) is 11.5 Å². The minimum atomic E-state index is -0.919. The second-order valence-electron chi connectivity index (χ2n) is 7.10. The fraction of sp³-hybridized carbons (Fsp3) is 0.217. The molecule has 1 N–H and O–H groups in total. The lowest BCUT2D eigenvalue weighted by Gasteiger charge is -2.25. The molecule has 0 radical (unpaired) electrons. The smallest absolute Gasteiger partial charge is 0.315 e. The Morgan fingerprint density at radius 2 is 2.03 bits per heavy atom. The van der Waals surface area contributed by atoms with Gasteiger partial charge in [-0.25, -0.2) is 4.98 Å². The summed E-state index contributed by atoms with van der Waals surface area (Å²) in [7, 11) is 0. The number of carboxylic acid groups (broad SMARTS) is 1. The molecule has 0 saturated carbocycles. The van der Waals surface area contributed by atoms with Gasteiger partial charge in [0.05, 0.1) is 10.6 Å². The number of hydrogen-bond donors (Lipinski definition) is 1. The van der Waals surface area contributed by atoms with Crippen LogP contribution in [0.2, 0.25) is 0 Å². The van der Waals surface area contributed by atoms with Gasteiger partial charge in [0.1, 0.15) is 35.6 Å². The van der Waals surface area contributed by atoms with Crippen molar-refractivity contribution in [2.75, 3.05) is 6.61 Å². The molecule has 0 saturated heterocycles. The monoisotopic (exact) mass is 407 g/mol. The van der Waals surface area contributed by atoms with E-state index in [-0.39, 0.29) is 6.61 Å². The average Bonchev–Trinajstić information content (AvgIpc) is 3.07. The van der Waals surface area contributed by atoms with E-state index in [1.54, 1.807) is 29.5 Å². The van der Waals surface area contributed by atoms with Crippen LogP contribution in [-0.2, 0) is 11.4 Å². The molecule has 29 heavy (non-hydrogen) atoms. The average molecular weight is 407 g/mol. The van der Waals surface area contributed by atoms with Crippen LogP contribution in [0, 0.1) is 13.8 Å². The molecule has 0 fully saturated rings. The molecular formula is C23H21NO4S. The number of thiazole rings is 1. The van der Waals surface area contributed by atoms with Gasteiger partial charge < -0.3 is 14.6 Å². The predicted octanol–water partition coefficient (Wildman–Crippen LogP) is 5.12. The van der Waals surface area contributed by atoms with E-state index in [0.29, 0.717) is 29.2 Å². The van der Waals surface area contributed by atoms with Crippen molar-refractivity contribution in [2.24, 2.45) is 0 Å². The van der Waals surface area contributed by atoms with E-state index >= 15 is 0 Å². The first-order chi connectivity index (χ1) is 13.9. The zero-order valence-corrected chi connectivity index (χ0v) is 17.1. The second-order valence-corrected chi connectivity index (χ2v) is 8.18. The summed E-state index contributed by atoms with van der Waals surface area (Å²) in [5, 5.41) is 10.4. The Hall–Kier alpha value is -3.12. The van der Waals surface area contributed by atoms with Crippen LogP contribution in [0.15, 0.2) is 54.6 Å². The third-order valence-corrected chi connectivity index (χ3v) is 6.11. The first kappa shape index (κ1) is 19.2. The summed E-state index contributed by atoms with van der Waals surface area (Å²) < 4.78 is 11.6. The SMILES string of the molecule is C=C1COc2cc(OCc3sc(-c4ccc(C)cc4)nc3C)ccc2C1C(=O)O. The molecule has 148 valence electrons. The van der Waals surface area contributed by atoms with Crippen LogP contribution in [-0.4, -0.2) is 22.7 Å². The lowest BCUT2D eigenvalue weighted by atomic mass is 9.90. The molecule has 2 heterocycles. The van der Waals surface area contributed by atoms with Gasteiger partial charge in [0.15, 0.2) is 0 Å². The van der Waals surface area contributed by atoms with Crippen molar-refractivity contribution in [1.82, 2.24) is 4.98 Å². The van der Waals surface area contributed by atoms with Gasteiger partial charge in [0.2, 0.25) is 0 Å². The summed E-state index contributed by atoms with van der Waals surface area (Å²) in [6.45, 7) is 8.44. The van der Waals surface area contributed by atoms with Gasteiger partial charge in [-0.1, -0.05) is 42.5 Å². The molecule has 1 aliphatic heterocycles. The van der Waals surface area contributed by atoms with Gasteiger partial charge in [-0.3, -0.25) is 4.79 Å². The third-order valence-electron chi connectivity index (χ3n) is 4.93. The topological polar surface area (TPSA) is 68.7 Å².